The van der Waals surface area contributed by atoms with Gasteiger partial charge in [-0.2, -0.15) is 0 Å². The van der Waals surface area contributed by atoms with E-state index in [-0.39, 0.29) is 6.10 Å². The first kappa shape index (κ1) is 11.5. The number of hydrogen-bond donors (Lipinski definition) is 1. The van der Waals surface area contributed by atoms with Gasteiger partial charge < -0.3 is 9.84 Å². The van der Waals surface area contributed by atoms with Crippen LogP contribution in [0.3, 0.4) is 0 Å². The lowest BCUT2D eigenvalue weighted by molar-refractivity contribution is 0.0855. The van der Waals surface area contributed by atoms with Gasteiger partial charge in [0.05, 0.1) is 6.10 Å². The summed E-state index contributed by atoms with van der Waals surface area (Å²) in [5.74, 6) is 1.56. The van der Waals surface area contributed by atoms with E-state index in [9.17, 15) is 5.11 Å². The summed E-state index contributed by atoms with van der Waals surface area (Å²) < 4.78 is 5.53. The second-order valence-electron chi connectivity index (χ2n) is 4.66. The topological polar surface area (TPSA) is 29.5 Å². The number of rotatable bonds is 5. The highest BCUT2D eigenvalue weighted by atomic mass is 16.5. The van der Waals surface area contributed by atoms with Gasteiger partial charge in [-0.15, -0.1) is 0 Å². The normalized spacial score (nSPS) is 18.6. The molecule has 88 valence electrons. The van der Waals surface area contributed by atoms with Crippen molar-refractivity contribution in [2.24, 2.45) is 5.92 Å². The van der Waals surface area contributed by atoms with Gasteiger partial charge in [-0.25, -0.2) is 0 Å². The third-order valence-electron chi connectivity index (χ3n) is 3.27. The quantitative estimate of drug-likeness (QED) is 0.826. The van der Waals surface area contributed by atoms with Crippen molar-refractivity contribution >= 4 is 0 Å². The first-order valence-electron chi connectivity index (χ1n) is 6.20. The van der Waals surface area contributed by atoms with Crippen molar-refractivity contribution in [3.63, 3.8) is 0 Å². The van der Waals surface area contributed by atoms with Crippen molar-refractivity contribution in [2.45, 2.75) is 38.2 Å². The molecule has 1 aliphatic rings. The number of ether oxygens (including phenoxy) is 1. The number of aliphatic hydroxyl groups excluding tert-OH is 1. The number of hydrogen-bond acceptors (Lipinski definition) is 2. The standard InChI is InChI=1S/C14H20O2/c15-13(10-12-6-4-5-7-12)11-16-14-8-2-1-3-9-14/h1-3,8-9,12-13,15H,4-7,10-11H2. The third kappa shape index (κ3) is 3.53. The van der Waals surface area contributed by atoms with E-state index in [0.717, 1.165) is 18.1 Å². The lowest BCUT2D eigenvalue weighted by Crippen LogP contribution is -2.20. The number of aliphatic hydroxyl groups is 1. The second kappa shape index (κ2) is 5.90. The van der Waals surface area contributed by atoms with Crippen LogP contribution in [0, 0.1) is 5.92 Å². The van der Waals surface area contributed by atoms with Crippen LogP contribution in [-0.2, 0) is 0 Å². The molecule has 1 unspecified atom stereocenters. The zero-order valence-electron chi connectivity index (χ0n) is 9.64. The van der Waals surface area contributed by atoms with E-state index in [0.29, 0.717) is 6.61 Å². The second-order valence-corrected chi connectivity index (χ2v) is 4.66. The minimum atomic E-state index is -0.316. The van der Waals surface area contributed by atoms with E-state index >= 15 is 0 Å². The van der Waals surface area contributed by atoms with Crippen molar-refractivity contribution in [1.82, 2.24) is 0 Å². The largest absolute Gasteiger partial charge is 0.491 e. The Hall–Kier alpha value is -1.02. The lowest BCUT2D eigenvalue weighted by Gasteiger charge is -2.15. The number of benzene rings is 1. The molecule has 0 aliphatic heterocycles. The Balaban J connectivity index is 1.69. The SMILES string of the molecule is OC(COc1ccccc1)CC1CCCC1. The molecule has 16 heavy (non-hydrogen) atoms. The average molecular weight is 220 g/mol. The molecule has 0 saturated heterocycles. The Morgan fingerprint density at radius 3 is 2.56 bits per heavy atom. The summed E-state index contributed by atoms with van der Waals surface area (Å²) in [7, 11) is 0. The van der Waals surface area contributed by atoms with Crippen LogP contribution in [0.25, 0.3) is 0 Å². The van der Waals surface area contributed by atoms with Gasteiger partial charge in [0.15, 0.2) is 0 Å². The van der Waals surface area contributed by atoms with Gasteiger partial charge in [-0.05, 0) is 24.5 Å². The molecule has 0 aromatic heterocycles. The van der Waals surface area contributed by atoms with E-state index in [4.69, 9.17) is 4.74 Å². The minimum Gasteiger partial charge on any atom is -0.491 e. The van der Waals surface area contributed by atoms with Gasteiger partial charge in [0.2, 0.25) is 0 Å². The van der Waals surface area contributed by atoms with Gasteiger partial charge >= 0.3 is 0 Å². The van der Waals surface area contributed by atoms with Crippen molar-refractivity contribution in [3.05, 3.63) is 30.3 Å². The fraction of sp³-hybridized carbons (Fsp3) is 0.571. The first-order chi connectivity index (χ1) is 7.84. The van der Waals surface area contributed by atoms with Gasteiger partial charge in [0.25, 0.3) is 0 Å². The summed E-state index contributed by atoms with van der Waals surface area (Å²) in [5.41, 5.74) is 0. The molecule has 1 aromatic rings. The predicted octanol–water partition coefficient (Wildman–Crippen LogP) is 3.01. The van der Waals surface area contributed by atoms with Crippen LogP contribution < -0.4 is 4.74 Å². The van der Waals surface area contributed by atoms with Gasteiger partial charge in [0, 0.05) is 0 Å². The Labute approximate surface area is 97.3 Å². The maximum Gasteiger partial charge on any atom is 0.119 e. The van der Waals surface area contributed by atoms with Crippen LogP contribution in [-0.4, -0.2) is 17.8 Å². The Bertz CT molecular complexity index is 291. The molecule has 2 rings (SSSR count). The molecule has 0 amide bonds. The van der Waals surface area contributed by atoms with Gasteiger partial charge in [0.1, 0.15) is 12.4 Å². The molecule has 0 bridgehead atoms. The molecule has 1 saturated carbocycles. The highest BCUT2D eigenvalue weighted by Gasteiger charge is 2.18. The average Bonchev–Trinajstić information content (AvgIpc) is 2.81. The fourth-order valence-corrected chi connectivity index (χ4v) is 2.41. The Morgan fingerprint density at radius 2 is 1.88 bits per heavy atom. The van der Waals surface area contributed by atoms with Crippen LogP contribution >= 0.6 is 0 Å². The monoisotopic (exact) mass is 220 g/mol. The molecule has 1 atom stereocenters. The molecule has 0 heterocycles. The molecular formula is C14H20O2. The zero-order valence-corrected chi connectivity index (χ0v) is 9.64. The number of para-hydroxylation sites is 1. The van der Waals surface area contributed by atoms with Crippen molar-refractivity contribution in [2.75, 3.05) is 6.61 Å². The molecular weight excluding hydrogens is 200 g/mol. The Morgan fingerprint density at radius 1 is 1.19 bits per heavy atom. The van der Waals surface area contributed by atoms with Crippen LogP contribution in [0.2, 0.25) is 0 Å². The third-order valence-corrected chi connectivity index (χ3v) is 3.27. The van der Waals surface area contributed by atoms with Gasteiger partial charge in [-0.3, -0.25) is 0 Å². The van der Waals surface area contributed by atoms with Crippen LogP contribution in [0.1, 0.15) is 32.1 Å². The van der Waals surface area contributed by atoms with Crippen LogP contribution in [0.5, 0.6) is 5.75 Å². The maximum atomic E-state index is 9.85. The molecule has 0 radical (unpaired) electrons. The molecule has 2 nitrogen and oxygen atoms in total. The van der Waals surface area contributed by atoms with E-state index in [1.807, 2.05) is 30.3 Å². The summed E-state index contributed by atoms with van der Waals surface area (Å²) in [4.78, 5) is 0. The summed E-state index contributed by atoms with van der Waals surface area (Å²) >= 11 is 0. The van der Waals surface area contributed by atoms with E-state index in [1.54, 1.807) is 0 Å². The Kier molecular flexibility index (Phi) is 4.23. The minimum absolute atomic E-state index is 0.316. The summed E-state index contributed by atoms with van der Waals surface area (Å²) in [6.45, 7) is 0.417. The molecule has 1 fully saturated rings. The summed E-state index contributed by atoms with van der Waals surface area (Å²) in [6.07, 6.45) is 5.80. The smallest absolute Gasteiger partial charge is 0.119 e. The zero-order chi connectivity index (χ0) is 11.2. The van der Waals surface area contributed by atoms with E-state index < -0.39 is 0 Å². The summed E-state index contributed by atoms with van der Waals surface area (Å²) in [6, 6.07) is 9.68. The van der Waals surface area contributed by atoms with Crippen LogP contribution in [0.4, 0.5) is 0 Å². The highest BCUT2D eigenvalue weighted by Crippen LogP contribution is 2.28. The van der Waals surface area contributed by atoms with Gasteiger partial charge in [-0.1, -0.05) is 43.9 Å². The predicted molar refractivity (Wildman–Crippen MR) is 64.5 cm³/mol. The van der Waals surface area contributed by atoms with Crippen molar-refractivity contribution in [3.8, 4) is 5.75 Å². The molecule has 0 spiro atoms. The maximum absolute atomic E-state index is 9.85. The molecule has 2 heteroatoms. The molecule has 1 aliphatic carbocycles. The fourth-order valence-electron chi connectivity index (χ4n) is 2.41. The van der Waals surface area contributed by atoms with E-state index in [2.05, 4.69) is 0 Å². The highest BCUT2D eigenvalue weighted by molar-refractivity contribution is 5.20. The van der Waals surface area contributed by atoms with Crippen LogP contribution in [0.15, 0.2) is 30.3 Å². The van der Waals surface area contributed by atoms with Crippen molar-refractivity contribution in [1.29, 1.82) is 0 Å². The van der Waals surface area contributed by atoms with Crippen molar-refractivity contribution < 1.29 is 9.84 Å². The lowest BCUT2D eigenvalue weighted by atomic mass is 10.0. The molecule has 1 N–H and O–H groups in total. The molecule has 1 aromatic carbocycles. The summed E-state index contributed by atoms with van der Waals surface area (Å²) in [5, 5.41) is 9.85. The first-order valence-corrected chi connectivity index (χ1v) is 6.20. The van der Waals surface area contributed by atoms with E-state index in [1.165, 1.54) is 25.7 Å².